The molecule has 1 fully saturated rings. The Balaban J connectivity index is 0.00000156. The number of nitrogens with zero attached hydrogens (tertiary/aromatic N) is 3. The quantitative estimate of drug-likeness (QED) is 0.449. The van der Waals surface area contributed by atoms with E-state index < -0.39 is 6.10 Å². The summed E-state index contributed by atoms with van der Waals surface area (Å²) in [6.07, 6.45) is 2.57. The molecule has 2 aromatic heterocycles. The number of amides is 2. The van der Waals surface area contributed by atoms with E-state index >= 15 is 0 Å². The number of aliphatic hydroxyl groups is 1. The van der Waals surface area contributed by atoms with E-state index in [1.165, 1.54) is 11.8 Å². The molecule has 4 heterocycles. The molecular weight excluding hydrogens is 490 g/mol. The summed E-state index contributed by atoms with van der Waals surface area (Å²) in [4.78, 5) is 36.2. The van der Waals surface area contributed by atoms with Gasteiger partial charge < -0.3 is 25.4 Å². The van der Waals surface area contributed by atoms with Gasteiger partial charge in [0.05, 0.1) is 35.6 Å². The van der Waals surface area contributed by atoms with Crippen LogP contribution in [0.25, 0.3) is 10.9 Å². The number of anilines is 1. The summed E-state index contributed by atoms with van der Waals surface area (Å²) >= 11 is 1.42. The van der Waals surface area contributed by atoms with Gasteiger partial charge in [-0.3, -0.25) is 14.6 Å². The van der Waals surface area contributed by atoms with Gasteiger partial charge in [0, 0.05) is 31.1 Å². The number of nitrogens with one attached hydrogen (secondary N) is 2. The van der Waals surface area contributed by atoms with Crippen LogP contribution in [-0.2, 0) is 4.79 Å². The standard InChI is InChI=1S/C25H27N5O4S.C2H6/c1-34-16-11-18-17(3-2-4-19(18)26-12-16)21(31)13-30-9-7-15(8-10-30)27-25(33)20-5-6-22-24(28-20)29-23(32)14-35-22;1-2/h2-6,11-12,15,21,31H,7-10,13-14H2,1H3,(H,27,33)(H,28,29,32);1-2H3. The molecule has 0 aliphatic carbocycles. The molecule has 0 saturated carbocycles. The third kappa shape index (κ3) is 6.38. The maximum atomic E-state index is 12.7. The molecule has 1 saturated heterocycles. The van der Waals surface area contributed by atoms with Crippen LogP contribution in [0.3, 0.4) is 0 Å². The van der Waals surface area contributed by atoms with Gasteiger partial charge in [-0.05, 0) is 42.7 Å². The largest absolute Gasteiger partial charge is 0.495 e. The van der Waals surface area contributed by atoms with E-state index in [0.717, 1.165) is 47.3 Å². The summed E-state index contributed by atoms with van der Waals surface area (Å²) in [5, 5.41) is 17.7. The van der Waals surface area contributed by atoms with Crippen molar-refractivity contribution in [3.8, 4) is 5.75 Å². The second kappa shape index (κ2) is 12.4. The minimum Gasteiger partial charge on any atom is -0.495 e. The van der Waals surface area contributed by atoms with Crippen LogP contribution >= 0.6 is 11.8 Å². The third-order valence-electron chi connectivity index (χ3n) is 6.39. The predicted molar refractivity (Wildman–Crippen MR) is 145 cm³/mol. The third-order valence-corrected chi connectivity index (χ3v) is 7.44. The second-order valence-corrected chi connectivity index (χ2v) is 9.75. The molecule has 0 radical (unpaired) electrons. The maximum Gasteiger partial charge on any atom is 0.270 e. The molecule has 0 spiro atoms. The maximum absolute atomic E-state index is 12.7. The number of β-amino-alcohol motifs (C(OH)–C–C–N with tert-alkyl or cyclic N) is 1. The highest BCUT2D eigenvalue weighted by Gasteiger charge is 2.25. The Kier molecular flexibility index (Phi) is 8.96. The van der Waals surface area contributed by atoms with E-state index in [2.05, 4.69) is 25.5 Å². The SMILES string of the molecule is CC.COc1cnc2cccc(C(O)CN3CCC(NC(=O)c4ccc5c(n4)NC(=O)CS5)CC3)c2c1. The monoisotopic (exact) mass is 523 g/mol. The Morgan fingerprint density at radius 2 is 2.05 bits per heavy atom. The first-order chi connectivity index (χ1) is 18.0. The summed E-state index contributed by atoms with van der Waals surface area (Å²) in [5.74, 6) is 1.11. The first-order valence-electron chi connectivity index (χ1n) is 12.6. The van der Waals surface area contributed by atoms with Crippen LogP contribution in [0, 0.1) is 0 Å². The molecule has 2 aliphatic heterocycles. The predicted octanol–water partition coefficient (Wildman–Crippen LogP) is 3.64. The number of rotatable bonds is 6. The van der Waals surface area contributed by atoms with Crippen LogP contribution in [0.15, 0.2) is 47.5 Å². The molecule has 1 atom stereocenters. The lowest BCUT2D eigenvalue weighted by Crippen LogP contribution is -2.45. The van der Waals surface area contributed by atoms with Crippen LogP contribution in [-0.4, -0.2) is 70.3 Å². The van der Waals surface area contributed by atoms with Gasteiger partial charge in [-0.25, -0.2) is 4.98 Å². The fourth-order valence-corrected chi connectivity index (χ4v) is 5.26. The van der Waals surface area contributed by atoms with E-state index in [-0.39, 0.29) is 17.9 Å². The van der Waals surface area contributed by atoms with Gasteiger partial charge in [-0.2, -0.15) is 0 Å². The van der Waals surface area contributed by atoms with Gasteiger partial charge in [0.15, 0.2) is 0 Å². The average Bonchev–Trinajstić information content (AvgIpc) is 2.94. The molecular formula is C27H33N5O4S. The molecule has 3 aromatic rings. The Bertz CT molecular complexity index is 1260. The van der Waals surface area contributed by atoms with Crippen molar-refractivity contribution in [1.82, 2.24) is 20.2 Å². The highest BCUT2D eigenvalue weighted by Crippen LogP contribution is 2.30. The first kappa shape index (κ1) is 26.8. The zero-order chi connectivity index (χ0) is 26.4. The Labute approximate surface area is 221 Å². The van der Waals surface area contributed by atoms with E-state index in [9.17, 15) is 14.7 Å². The summed E-state index contributed by atoms with van der Waals surface area (Å²) in [6.45, 7) is 6.03. The van der Waals surface area contributed by atoms with Crippen molar-refractivity contribution in [2.24, 2.45) is 0 Å². The van der Waals surface area contributed by atoms with Gasteiger partial charge in [-0.15, -0.1) is 11.8 Å². The summed E-state index contributed by atoms with van der Waals surface area (Å²) in [7, 11) is 1.60. The van der Waals surface area contributed by atoms with Crippen molar-refractivity contribution in [3.05, 3.63) is 53.9 Å². The lowest BCUT2D eigenvalue weighted by molar-refractivity contribution is -0.113. The highest BCUT2D eigenvalue weighted by atomic mass is 32.2. The summed E-state index contributed by atoms with van der Waals surface area (Å²) in [6, 6.07) is 11.2. The van der Waals surface area contributed by atoms with Gasteiger partial charge in [0.25, 0.3) is 5.91 Å². The van der Waals surface area contributed by atoms with Crippen molar-refractivity contribution in [3.63, 3.8) is 0 Å². The van der Waals surface area contributed by atoms with Gasteiger partial charge >= 0.3 is 0 Å². The molecule has 1 unspecified atom stereocenters. The fraction of sp³-hybridized carbons (Fsp3) is 0.407. The molecule has 2 amide bonds. The summed E-state index contributed by atoms with van der Waals surface area (Å²) < 4.78 is 5.30. The van der Waals surface area contributed by atoms with Gasteiger partial charge in [0.2, 0.25) is 5.91 Å². The number of aliphatic hydroxyl groups excluding tert-OH is 1. The Morgan fingerprint density at radius 1 is 1.27 bits per heavy atom. The topological polar surface area (TPSA) is 117 Å². The Hall–Kier alpha value is -3.21. The molecule has 0 bridgehead atoms. The smallest absolute Gasteiger partial charge is 0.270 e. The molecule has 1 aromatic carbocycles. The number of hydrogen-bond donors (Lipinski definition) is 3. The molecule has 5 rings (SSSR count). The van der Waals surface area contributed by atoms with Crippen molar-refractivity contribution < 1.29 is 19.4 Å². The van der Waals surface area contributed by atoms with Crippen LogP contribution in [0.2, 0.25) is 0 Å². The second-order valence-electron chi connectivity index (χ2n) is 8.73. The van der Waals surface area contributed by atoms with Gasteiger partial charge in [-0.1, -0.05) is 26.0 Å². The number of benzene rings is 1. The van der Waals surface area contributed by atoms with E-state index in [0.29, 0.717) is 29.6 Å². The van der Waals surface area contributed by atoms with Gasteiger partial charge in [0.1, 0.15) is 17.3 Å². The molecule has 9 nitrogen and oxygen atoms in total. The van der Waals surface area contributed by atoms with E-state index in [4.69, 9.17) is 4.74 Å². The lowest BCUT2D eigenvalue weighted by Gasteiger charge is -2.33. The number of carbonyl (C=O) groups excluding carboxylic acids is 2. The number of aromatic nitrogens is 2. The molecule has 3 N–H and O–H groups in total. The van der Waals surface area contributed by atoms with Crippen molar-refractivity contribution in [2.45, 2.75) is 43.7 Å². The normalized spacial score (nSPS) is 16.7. The molecule has 2 aliphatic rings. The van der Waals surface area contributed by atoms with Crippen molar-refractivity contribution >= 4 is 40.3 Å². The van der Waals surface area contributed by atoms with E-state index in [1.807, 2.05) is 44.2 Å². The summed E-state index contributed by atoms with van der Waals surface area (Å²) in [5.41, 5.74) is 1.94. The average molecular weight is 524 g/mol. The number of thioether (sulfide) groups is 1. The molecule has 10 heteroatoms. The number of likely N-dealkylation sites (tertiary alicyclic amines) is 1. The first-order valence-corrected chi connectivity index (χ1v) is 13.6. The minimum atomic E-state index is -0.661. The van der Waals surface area contributed by atoms with Crippen molar-refractivity contribution in [1.29, 1.82) is 0 Å². The molecule has 196 valence electrons. The Morgan fingerprint density at radius 3 is 2.81 bits per heavy atom. The number of ether oxygens (including phenoxy) is 1. The van der Waals surface area contributed by atoms with Crippen molar-refractivity contribution in [2.75, 3.05) is 37.8 Å². The molecule has 37 heavy (non-hydrogen) atoms. The number of fused-ring (bicyclic) bond motifs is 2. The fourth-order valence-electron chi connectivity index (χ4n) is 4.51. The zero-order valence-corrected chi connectivity index (χ0v) is 22.2. The van der Waals surface area contributed by atoms with Crippen LogP contribution in [0.1, 0.15) is 48.8 Å². The number of hydrogen-bond acceptors (Lipinski definition) is 8. The van der Waals surface area contributed by atoms with Crippen LogP contribution in [0.4, 0.5) is 5.82 Å². The highest BCUT2D eigenvalue weighted by molar-refractivity contribution is 8.00. The zero-order valence-electron chi connectivity index (χ0n) is 21.4. The number of methoxy groups -OCH3 is 1. The number of carbonyl (C=O) groups is 2. The number of piperidine rings is 1. The van der Waals surface area contributed by atoms with Crippen LogP contribution in [0.5, 0.6) is 5.75 Å². The van der Waals surface area contributed by atoms with Crippen LogP contribution < -0.4 is 15.4 Å². The number of pyridine rings is 2. The minimum absolute atomic E-state index is 0.0312. The van der Waals surface area contributed by atoms with E-state index in [1.54, 1.807) is 19.4 Å². The lowest BCUT2D eigenvalue weighted by atomic mass is 10.0.